The van der Waals surface area contributed by atoms with Crippen LogP contribution in [0.3, 0.4) is 0 Å². The first-order valence-electron chi connectivity index (χ1n) is 6.34. The Kier molecular flexibility index (Phi) is 3.76. The topological polar surface area (TPSA) is 17.1 Å². The van der Waals surface area contributed by atoms with E-state index in [2.05, 4.69) is 37.3 Å². The highest BCUT2D eigenvalue weighted by Crippen LogP contribution is 2.30. The molecule has 2 unspecified atom stereocenters. The van der Waals surface area contributed by atoms with Gasteiger partial charge in [0.1, 0.15) is 5.78 Å². The summed E-state index contributed by atoms with van der Waals surface area (Å²) in [5.41, 5.74) is 1.40. The summed E-state index contributed by atoms with van der Waals surface area (Å²) in [4.78, 5) is 11.6. The first kappa shape index (κ1) is 11.4. The predicted molar refractivity (Wildman–Crippen MR) is 66.3 cm³/mol. The number of carbonyl (C=O) groups is 1. The van der Waals surface area contributed by atoms with E-state index in [-0.39, 0.29) is 5.92 Å². The van der Waals surface area contributed by atoms with Gasteiger partial charge in [0, 0.05) is 12.3 Å². The van der Waals surface area contributed by atoms with Crippen LogP contribution in [0.15, 0.2) is 30.3 Å². The summed E-state index contributed by atoms with van der Waals surface area (Å²) >= 11 is 0. The molecule has 0 bridgehead atoms. The van der Waals surface area contributed by atoms with E-state index in [4.69, 9.17) is 0 Å². The lowest BCUT2D eigenvalue weighted by Crippen LogP contribution is -2.26. The van der Waals surface area contributed by atoms with Crippen LogP contribution in [-0.2, 0) is 11.2 Å². The fraction of sp³-hybridized carbons (Fsp3) is 0.533. The zero-order valence-electron chi connectivity index (χ0n) is 9.99. The summed E-state index contributed by atoms with van der Waals surface area (Å²) in [7, 11) is 0. The first-order valence-corrected chi connectivity index (χ1v) is 6.34. The van der Waals surface area contributed by atoms with Crippen LogP contribution in [0.5, 0.6) is 0 Å². The van der Waals surface area contributed by atoms with Gasteiger partial charge in [-0.3, -0.25) is 4.79 Å². The number of aryl methyl sites for hydroxylation is 1. The monoisotopic (exact) mass is 216 g/mol. The van der Waals surface area contributed by atoms with Gasteiger partial charge < -0.3 is 0 Å². The minimum absolute atomic E-state index is 0.289. The van der Waals surface area contributed by atoms with Gasteiger partial charge in [0.05, 0.1) is 0 Å². The lowest BCUT2D eigenvalue weighted by molar-refractivity contribution is -0.126. The Morgan fingerprint density at radius 3 is 2.75 bits per heavy atom. The summed E-state index contributed by atoms with van der Waals surface area (Å²) in [5.74, 6) is 1.38. The highest BCUT2D eigenvalue weighted by atomic mass is 16.1. The fourth-order valence-corrected chi connectivity index (χ4v) is 2.67. The molecule has 1 aliphatic carbocycles. The van der Waals surface area contributed by atoms with Gasteiger partial charge in [-0.2, -0.15) is 0 Å². The van der Waals surface area contributed by atoms with Crippen LogP contribution >= 0.6 is 0 Å². The second-order valence-electron chi connectivity index (χ2n) is 4.93. The molecule has 1 nitrogen and oxygen atoms in total. The van der Waals surface area contributed by atoms with Crippen molar-refractivity contribution >= 4 is 5.78 Å². The number of benzene rings is 1. The SMILES string of the molecule is CC1C(=O)CCCC1CCc1ccccc1. The van der Waals surface area contributed by atoms with Gasteiger partial charge in [-0.1, -0.05) is 37.3 Å². The van der Waals surface area contributed by atoms with Crippen LogP contribution in [0, 0.1) is 11.8 Å². The first-order chi connectivity index (χ1) is 7.77. The molecule has 0 aliphatic heterocycles. The van der Waals surface area contributed by atoms with Crippen LogP contribution in [0.25, 0.3) is 0 Å². The molecular formula is C15H20O. The van der Waals surface area contributed by atoms with Crippen molar-refractivity contribution in [1.82, 2.24) is 0 Å². The summed E-state index contributed by atoms with van der Waals surface area (Å²) in [6, 6.07) is 10.6. The van der Waals surface area contributed by atoms with Crippen molar-refractivity contribution in [3.8, 4) is 0 Å². The third-order valence-electron chi connectivity index (χ3n) is 3.86. The fourth-order valence-electron chi connectivity index (χ4n) is 2.67. The Morgan fingerprint density at radius 2 is 2.00 bits per heavy atom. The quantitative estimate of drug-likeness (QED) is 0.754. The van der Waals surface area contributed by atoms with Crippen LogP contribution in [0.1, 0.15) is 38.2 Å². The smallest absolute Gasteiger partial charge is 0.135 e. The molecule has 1 aromatic rings. The van der Waals surface area contributed by atoms with Gasteiger partial charge in [0.25, 0.3) is 0 Å². The molecule has 16 heavy (non-hydrogen) atoms. The largest absolute Gasteiger partial charge is 0.299 e. The number of carbonyl (C=O) groups excluding carboxylic acids is 1. The Balaban J connectivity index is 1.88. The van der Waals surface area contributed by atoms with E-state index < -0.39 is 0 Å². The van der Waals surface area contributed by atoms with Crippen LogP contribution < -0.4 is 0 Å². The maximum absolute atomic E-state index is 11.6. The highest BCUT2D eigenvalue weighted by molar-refractivity contribution is 5.81. The van der Waals surface area contributed by atoms with Crippen molar-refractivity contribution < 1.29 is 4.79 Å². The van der Waals surface area contributed by atoms with E-state index in [0.29, 0.717) is 11.7 Å². The minimum Gasteiger partial charge on any atom is -0.299 e. The third-order valence-corrected chi connectivity index (χ3v) is 3.86. The summed E-state index contributed by atoms with van der Waals surface area (Å²) in [6.07, 6.45) is 5.42. The molecular weight excluding hydrogens is 196 g/mol. The van der Waals surface area contributed by atoms with Crippen LogP contribution in [0.4, 0.5) is 0 Å². The van der Waals surface area contributed by atoms with Gasteiger partial charge in [0.2, 0.25) is 0 Å². The van der Waals surface area contributed by atoms with Crippen LogP contribution in [0.2, 0.25) is 0 Å². The van der Waals surface area contributed by atoms with Crippen LogP contribution in [-0.4, -0.2) is 5.78 Å². The maximum Gasteiger partial charge on any atom is 0.135 e. The zero-order valence-corrected chi connectivity index (χ0v) is 9.99. The molecule has 2 atom stereocenters. The lowest BCUT2D eigenvalue weighted by atomic mass is 9.77. The molecule has 1 heteroatoms. The molecule has 0 saturated heterocycles. The standard InChI is InChI=1S/C15H20O/c1-12-14(8-5-9-15(12)16)11-10-13-6-3-2-4-7-13/h2-4,6-7,12,14H,5,8-11H2,1H3. The van der Waals surface area contributed by atoms with E-state index in [1.165, 1.54) is 12.0 Å². The molecule has 1 aromatic carbocycles. The van der Waals surface area contributed by atoms with E-state index in [0.717, 1.165) is 25.7 Å². The second-order valence-corrected chi connectivity index (χ2v) is 4.93. The Morgan fingerprint density at radius 1 is 1.25 bits per heavy atom. The molecule has 0 aromatic heterocycles. The molecule has 86 valence electrons. The molecule has 0 spiro atoms. The van der Waals surface area contributed by atoms with Gasteiger partial charge in [-0.15, -0.1) is 0 Å². The number of hydrogen-bond donors (Lipinski definition) is 0. The number of hydrogen-bond acceptors (Lipinski definition) is 1. The van der Waals surface area contributed by atoms with Crippen molar-refractivity contribution in [3.63, 3.8) is 0 Å². The minimum atomic E-state index is 0.289. The molecule has 0 amide bonds. The molecule has 0 heterocycles. The van der Waals surface area contributed by atoms with Crippen molar-refractivity contribution in [2.75, 3.05) is 0 Å². The molecule has 0 N–H and O–H groups in total. The summed E-state index contributed by atoms with van der Waals surface area (Å²) < 4.78 is 0. The molecule has 1 aliphatic rings. The Labute approximate surface area is 97.9 Å². The van der Waals surface area contributed by atoms with Gasteiger partial charge in [-0.05, 0) is 37.2 Å². The number of Topliss-reactive ketones (excluding diaryl/α,β-unsaturated/α-hetero) is 1. The van der Waals surface area contributed by atoms with E-state index in [1.54, 1.807) is 0 Å². The van der Waals surface area contributed by atoms with E-state index in [1.807, 2.05) is 0 Å². The molecule has 1 saturated carbocycles. The highest BCUT2D eigenvalue weighted by Gasteiger charge is 2.27. The predicted octanol–water partition coefficient (Wildman–Crippen LogP) is 3.62. The molecule has 0 radical (unpaired) electrons. The Hall–Kier alpha value is -1.11. The summed E-state index contributed by atoms with van der Waals surface area (Å²) in [6.45, 7) is 2.11. The van der Waals surface area contributed by atoms with Gasteiger partial charge in [0.15, 0.2) is 0 Å². The van der Waals surface area contributed by atoms with E-state index >= 15 is 0 Å². The normalized spacial score (nSPS) is 25.7. The maximum atomic E-state index is 11.6. The van der Waals surface area contributed by atoms with E-state index in [9.17, 15) is 4.79 Å². The third kappa shape index (κ3) is 2.72. The van der Waals surface area contributed by atoms with Crippen molar-refractivity contribution in [2.45, 2.75) is 39.0 Å². The lowest BCUT2D eigenvalue weighted by Gasteiger charge is -2.27. The number of ketones is 1. The van der Waals surface area contributed by atoms with Crippen molar-refractivity contribution in [2.24, 2.45) is 11.8 Å². The zero-order chi connectivity index (χ0) is 11.4. The van der Waals surface area contributed by atoms with Gasteiger partial charge in [-0.25, -0.2) is 0 Å². The van der Waals surface area contributed by atoms with Crippen molar-refractivity contribution in [1.29, 1.82) is 0 Å². The average molecular weight is 216 g/mol. The van der Waals surface area contributed by atoms with Gasteiger partial charge >= 0.3 is 0 Å². The molecule has 1 fully saturated rings. The summed E-state index contributed by atoms with van der Waals surface area (Å²) in [5, 5.41) is 0. The van der Waals surface area contributed by atoms with Crippen molar-refractivity contribution in [3.05, 3.63) is 35.9 Å². The Bertz CT molecular complexity index is 342. The molecule has 2 rings (SSSR count). The second kappa shape index (κ2) is 5.29. The number of rotatable bonds is 3. The average Bonchev–Trinajstić information content (AvgIpc) is 2.32.